The average Bonchev–Trinajstić information content (AvgIpc) is 3.94. The summed E-state index contributed by atoms with van der Waals surface area (Å²) in [6.07, 6.45) is 0. The molecule has 71 heavy (non-hydrogen) atoms. The topological polar surface area (TPSA) is 32.8 Å². The first-order chi connectivity index (χ1) is 34.1. The number of nitrogens with zero attached hydrogens (tertiary/aromatic N) is 2. The number of furan rings is 2. The zero-order valence-electron chi connectivity index (χ0n) is 42.1. The van der Waals surface area contributed by atoms with Gasteiger partial charge in [0.2, 0.25) is 0 Å². The fourth-order valence-electron chi connectivity index (χ4n) is 11.6. The fraction of sp³-hybridized carbons (Fsp3) is 0.182. The van der Waals surface area contributed by atoms with Crippen molar-refractivity contribution in [2.75, 3.05) is 9.80 Å². The Hall–Kier alpha value is -7.76. The average molecular weight is 921 g/mol. The highest BCUT2D eigenvalue weighted by atomic mass is 16.3. The van der Waals surface area contributed by atoms with Crippen molar-refractivity contribution in [2.45, 2.75) is 78.6 Å². The monoisotopic (exact) mass is 920 g/mol. The summed E-state index contributed by atoms with van der Waals surface area (Å²) >= 11 is 0. The summed E-state index contributed by atoms with van der Waals surface area (Å²) in [5.74, 6) is 0. The van der Waals surface area contributed by atoms with E-state index in [-0.39, 0.29) is 23.0 Å². The van der Waals surface area contributed by atoms with Crippen LogP contribution in [-0.2, 0) is 16.2 Å². The summed E-state index contributed by atoms with van der Waals surface area (Å²) in [6, 6.07) is 67.6. The lowest BCUT2D eigenvalue weighted by Gasteiger charge is -2.45. The summed E-state index contributed by atoms with van der Waals surface area (Å²) in [6.45, 7) is 21.0. The van der Waals surface area contributed by atoms with Crippen LogP contribution >= 0.6 is 0 Å². The van der Waals surface area contributed by atoms with Crippen molar-refractivity contribution < 1.29 is 8.83 Å². The second-order valence-corrected chi connectivity index (χ2v) is 23.0. The van der Waals surface area contributed by atoms with Gasteiger partial charge >= 0.3 is 0 Å². The second-order valence-electron chi connectivity index (χ2n) is 23.0. The Labute approximate surface area is 417 Å². The van der Waals surface area contributed by atoms with Crippen LogP contribution in [-0.4, -0.2) is 6.71 Å². The molecule has 2 aromatic heterocycles. The van der Waals surface area contributed by atoms with Crippen LogP contribution in [0.3, 0.4) is 0 Å². The molecule has 0 spiro atoms. The van der Waals surface area contributed by atoms with Gasteiger partial charge in [0.15, 0.2) is 0 Å². The molecule has 5 heteroatoms. The molecule has 0 aliphatic carbocycles. The van der Waals surface area contributed by atoms with Crippen molar-refractivity contribution in [3.63, 3.8) is 0 Å². The zero-order chi connectivity index (χ0) is 48.7. The van der Waals surface area contributed by atoms with E-state index in [9.17, 15) is 0 Å². The Morgan fingerprint density at radius 3 is 1.20 bits per heavy atom. The number of para-hydroxylation sites is 2. The highest BCUT2D eigenvalue weighted by Crippen LogP contribution is 2.49. The minimum atomic E-state index is -0.162. The number of anilines is 6. The second kappa shape index (κ2) is 15.4. The van der Waals surface area contributed by atoms with Gasteiger partial charge in [-0.3, -0.25) is 0 Å². The Morgan fingerprint density at radius 2 is 0.761 bits per heavy atom. The van der Waals surface area contributed by atoms with Gasteiger partial charge in [-0.15, -0.1) is 0 Å². The molecule has 0 saturated carbocycles. The predicted molar refractivity (Wildman–Crippen MR) is 302 cm³/mol. The molecule has 0 fully saturated rings. The van der Waals surface area contributed by atoms with Gasteiger partial charge in [-0.1, -0.05) is 172 Å². The number of benzene rings is 9. The van der Waals surface area contributed by atoms with Crippen LogP contribution in [0, 0.1) is 0 Å². The summed E-state index contributed by atoms with van der Waals surface area (Å²) in [7, 11) is 0. The van der Waals surface area contributed by atoms with Crippen LogP contribution < -0.4 is 26.2 Å². The molecule has 346 valence electrons. The van der Waals surface area contributed by atoms with Crippen LogP contribution in [0.25, 0.3) is 66.1 Å². The highest BCUT2D eigenvalue weighted by Gasteiger charge is 2.45. The molecule has 9 aromatic carbocycles. The molecule has 0 bridgehead atoms. The van der Waals surface area contributed by atoms with E-state index in [0.717, 1.165) is 77.5 Å². The molecule has 4 nitrogen and oxygen atoms in total. The largest absolute Gasteiger partial charge is 0.456 e. The summed E-state index contributed by atoms with van der Waals surface area (Å²) in [4.78, 5) is 5.14. The van der Waals surface area contributed by atoms with Gasteiger partial charge in [-0.05, 0) is 144 Å². The number of hydrogen-bond acceptors (Lipinski definition) is 4. The minimum Gasteiger partial charge on any atom is -0.456 e. The number of fused-ring (bicyclic) bond motifs is 10. The first-order valence-corrected chi connectivity index (χ1v) is 25.2. The van der Waals surface area contributed by atoms with Crippen LogP contribution in [0.4, 0.5) is 34.1 Å². The molecule has 0 radical (unpaired) electrons. The molecule has 13 rings (SSSR count). The van der Waals surface area contributed by atoms with Crippen LogP contribution in [0.1, 0.15) is 79.0 Å². The van der Waals surface area contributed by atoms with E-state index in [1.807, 2.05) is 12.1 Å². The zero-order valence-corrected chi connectivity index (χ0v) is 42.1. The van der Waals surface area contributed by atoms with Gasteiger partial charge in [0.1, 0.15) is 22.3 Å². The third kappa shape index (κ3) is 6.80. The Kier molecular flexibility index (Phi) is 9.37. The maximum Gasteiger partial charge on any atom is 0.252 e. The van der Waals surface area contributed by atoms with Crippen molar-refractivity contribution in [3.8, 4) is 22.3 Å². The highest BCUT2D eigenvalue weighted by molar-refractivity contribution is 7.00. The lowest BCUT2D eigenvalue weighted by atomic mass is 9.33. The minimum absolute atomic E-state index is 0.0282. The third-order valence-electron chi connectivity index (χ3n) is 15.3. The lowest BCUT2D eigenvalue weighted by Crippen LogP contribution is -2.61. The Balaban J connectivity index is 1.10. The van der Waals surface area contributed by atoms with Gasteiger partial charge in [-0.2, -0.15) is 0 Å². The molecule has 0 N–H and O–H groups in total. The van der Waals surface area contributed by atoms with Gasteiger partial charge in [0.25, 0.3) is 6.71 Å². The SMILES string of the molecule is CC(C)(C)c1ccc2c(c1)B1c3cc(C(C)(C)C)ccc3N(c3cccc(-c4cccc5oc6ccccc6c45)c3)c3cc(C(C)(C)C)cc(c31)N2c1cccc(-c2cccc3oc4ccccc4c23)c1. The molecule has 4 heterocycles. The molecule has 0 unspecified atom stereocenters. The predicted octanol–water partition coefficient (Wildman–Crippen LogP) is 16.8. The fourth-order valence-corrected chi connectivity index (χ4v) is 11.6. The van der Waals surface area contributed by atoms with Crippen molar-refractivity contribution in [1.29, 1.82) is 0 Å². The smallest absolute Gasteiger partial charge is 0.252 e. The Morgan fingerprint density at radius 1 is 0.352 bits per heavy atom. The summed E-state index contributed by atoms with van der Waals surface area (Å²) in [5.41, 5.74) is 22.9. The molecule has 0 saturated heterocycles. The van der Waals surface area contributed by atoms with E-state index >= 15 is 0 Å². The third-order valence-corrected chi connectivity index (χ3v) is 15.3. The van der Waals surface area contributed by atoms with Gasteiger partial charge in [0.05, 0.1) is 0 Å². The van der Waals surface area contributed by atoms with E-state index in [1.165, 1.54) is 55.8 Å². The number of hydrogen-bond donors (Lipinski definition) is 0. The maximum absolute atomic E-state index is 6.43. The van der Waals surface area contributed by atoms with Gasteiger partial charge in [-0.25, -0.2) is 0 Å². The van der Waals surface area contributed by atoms with Crippen LogP contribution in [0.5, 0.6) is 0 Å². The van der Waals surface area contributed by atoms with Crippen molar-refractivity contribution in [2.24, 2.45) is 0 Å². The quantitative estimate of drug-likeness (QED) is 0.165. The molecule has 0 amide bonds. The standard InChI is InChI=1S/C66H57BN2O2/c1-64(2,3)42-30-32-53-51(36-42)67-52-37-43(65(4,5)6)31-33-54(52)69(46-21-15-19-41(35-46)48-25-17-29-60-62(48)50-23-11-13-27-58(50)71-60)56-39-44(66(7,8)9)38-55(63(56)67)68(53)45-20-14-18-40(34-45)47-24-16-28-59-61(47)49-22-10-12-26-57(49)70-59/h10-39H,1-9H3. The van der Waals surface area contributed by atoms with Gasteiger partial charge in [0, 0.05) is 55.7 Å². The van der Waals surface area contributed by atoms with E-state index < -0.39 is 0 Å². The number of rotatable bonds is 4. The normalized spacial score (nSPS) is 13.6. The van der Waals surface area contributed by atoms with Crippen LogP contribution in [0.15, 0.2) is 191 Å². The first kappa shape index (κ1) is 43.3. The molecule has 2 aliphatic heterocycles. The maximum atomic E-state index is 6.43. The molecular formula is C66H57BN2O2. The lowest BCUT2D eigenvalue weighted by molar-refractivity contribution is 0.590. The molecule has 0 atom stereocenters. The van der Waals surface area contributed by atoms with Gasteiger partial charge < -0.3 is 18.6 Å². The summed E-state index contributed by atoms with van der Waals surface area (Å²) < 4.78 is 12.9. The van der Waals surface area contributed by atoms with Crippen molar-refractivity contribution in [3.05, 3.63) is 199 Å². The van der Waals surface area contributed by atoms with Crippen LogP contribution in [0.2, 0.25) is 0 Å². The first-order valence-electron chi connectivity index (χ1n) is 25.2. The van der Waals surface area contributed by atoms with E-state index in [2.05, 4.69) is 242 Å². The van der Waals surface area contributed by atoms with E-state index in [0.29, 0.717) is 0 Å². The van der Waals surface area contributed by atoms with Crippen molar-refractivity contribution in [1.82, 2.24) is 0 Å². The summed E-state index contributed by atoms with van der Waals surface area (Å²) in [5, 5.41) is 4.54. The van der Waals surface area contributed by atoms with E-state index in [1.54, 1.807) is 0 Å². The van der Waals surface area contributed by atoms with E-state index in [4.69, 9.17) is 8.83 Å². The molecular weight excluding hydrogens is 864 g/mol. The molecule has 11 aromatic rings. The Bertz CT molecular complexity index is 3730. The van der Waals surface area contributed by atoms with Crippen molar-refractivity contribution >= 4 is 101 Å². The molecule has 2 aliphatic rings.